The Kier molecular flexibility index (Phi) is 6.20. The lowest BCUT2D eigenvalue weighted by molar-refractivity contribution is -0.0868. The van der Waals surface area contributed by atoms with E-state index in [4.69, 9.17) is 0 Å². The van der Waals surface area contributed by atoms with E-state index in [0.717, 1.165) is 23.5 Å². The number of aliphatic hydroxyl groups is 2. The van der Waals surface area contributed by atoms with Gasteiger partial charge in [0.25, 0.3) is 11.5 Å². The lowest BCUT2D eigenvalue weighted by Crippen LogP contribution is -2.66. The Morgan fingerprint density at radius 2 is 1.60 bits per heavy atom. The minimum atomic E-state index is -0.992. The summed E-state index contributed by atoms with van der Waals surface area (Å²) < 4.78 is 4.91. The first-order valence-electron chi connectivity index (χ1n) is 11.6. The molecule has 2 heterocycles. The molecule has 11 nitrogen and oxygen atoms in total. The van der Waals surface area contributed by atoms with Crippen molar-refractivity contribution in [2.24, 2.45) is 7.05 Å². The molecule has 4 aromatic rings. The van der Waals surface area contributed by atoms with Crippen LogP contribution in [0.15, 0.2) is 65.5 Å². The molecule has 2 unspecified atom stereocenters. The van der Waals surface area contributed by atoms with E-state index in [1.165, 1.54) is 4.68 Å². The van der Waals surface area contributed by atoms with Gasteiger partial charge in [0.2, 0.25) is 0 Å². The Labute approximate surface area is 201 Å². The summed E-state index contributed by atoms with van der Waals surface area (Å²) in [5.41, 5.74) is 8.33. The highest BCUT2D eigenvalue weighted by atomic mass is 16.3. The highest BCUT2D eigenvalue weighted by Gasteiger charge is 2.52. The first-order chi connectivity index (χ1) is 17.0. The van der Waals surface area contributed by atoms with Gasteiger partial charge >= 0.3 is 0 Å². The first kappa shape index (κ1) is 23.0. The van der Waals surface area contributed by atoms with Crippen molar-refractivity contribution < 1.29 is 10.2 Å². The van der Waals surface area contributed by atoms with Gasteiger partial charge in [-0.25, -0.2) is 10.1 Å². The number of hydrazine groups is 1. The van der Waals surface area contributed by atoms with Crippen LogP contribution in [0.3, 0.4) is 0 Å². The third-order valence-electron chi connectivity index (χ3n) is 6.54. The van der Waals surface area contributed by atoms with Crippen molar-refractivity contribution in [1.82, 2.24) is 35.0 Å². The van der Waals surface area contributed by atoms with Crippen molar-refractivity contribution in [1.29, 1.82) is 0 Å². The molecule has 2 aromatic carbocycles. The number of aliphatic hydroxyl groups excluding tert-OH is 2. The maximum absolute atomic E-state index is 13.5. The number of anilines is 1. The van der Waals surface area contributed by atoms with Crippen LogP contribution in [0.5, 0.6) is 0 Å². The molecule has 0 bridgehead atoms. The van der Waals surface area contributed by atoms with Crippen molar-refractivity contribution in [3.05, 3.63) is 82.3 Å². The van der Waals surface area contributed by atoms with Gasteiger partial charge in [0, 0.05) is 24.2 Å². The van der Waals surface area contributed by atoms with Crippen molar-refractivity contribution >= 4 is 5.95 Å². The number of tetrazole rings is 1. The van der Waals surface area contributed by atoms with Gasteiger partial charge in [-0.3, -0.25) is 14.9 Å². The summed E-state index contributed by atoms with van der Waals surface area (Å²) in [6.07, 6.45) is -0.510. The van der Waals surface area contributed by atoms with Gasteiger partial charge in [0.05, 0.1) is 29.6 Å². The summed E-state index contributed by atoms with van der Waals surface area (Å²) in [6.45, 7) is 2.03. The average molecular weight is 477 g/mol. The predicted octanol–water partition coefficient (Wildman–Crippen LogP) is 0.908. The molecule has 1 saturated carbocycles. The highest BCUT2D eigenvalue weighted by molar-refractivity contribution is 5.40. The molecule has 0 aliphatic heterocycles. The minimum Gasteiger partial charge on any atom is -0.391 e. The molecular formula is C24H28N8O3. The quantitative estimate of drug-likeness (QED) is 0.276. The van der Waals surface area contributed by atoms with Crippen molar-refractivity contribution in [2.75, 3.05) is 5.43 Å². The third kappa shape index (κ3) is 3.93. The Morgan fingerprint density at radius 3 is 2.23 bits per heavy atom. The monoisotopic (exact) mass is 476 g/mol. The van der Waals surface area contributed by atoms with Gasteiger partial charge in [-0.1, -0.05) is 54.8 Å². The fourth-order valence-corrected chi connectivity index (χ4v) is 4.77. The SMILES string of the molecule is CCCc1c(C2C(O)C(NNc3nnnn3-c3ccccc3)C2O)c(=O)n(-c2ccccc2)n1C. The maximum Gasteiger partial charge on any atom is 0.275 e. The Morgan fingerprint density at radius 1 is 0.971 bits per heavy atom. The predicted molar refractivity (Wildman–Crippen MR) is 129 cm³/mol. The van der Waals surface area contributed by atoms with E-state index >= 15 is 0 Å². The van der Waals surface area contributed by atoms with Gasteiger partial charge in [-0.15, -0.1) is 0 Å². The molecule has 182 valence electrons. The van der Waals surface area contributed by atoms with E-state index < -0.39 is 24.2 Å². The maximum atomic E-state index is 13.5. The number of hydrogen-bond acceptors (Lipinski definition) is 8. The Bertz CT molecular complexity index is 1340. The van der Waals surface area contributed by atoms with Gasteiger partial charge < -0.3 is 10.2 Å². The summed E-state index contributed by atoms with van der Waals surface area (Å²) in [5, 5.41) is 33.7. The number of nitrogens with zero attached hydrogens (tertiary/aromatic N) is 6. The number of hydrogen-bond donors (Lipinski definition) is 4. The van der Waals surface area contributed by atoms with Gasteiger partial charge in [0.1, 0.15) is 0 Å². The van der Waals surface area contributed by atoms with E-state index in [1.54, 1.807) is 4.68 Å². The van der Waals surface area contributed by atoms with Gasteiger partial charge in [-0.05, 0) is 41.1 Å². The van der Waals surface area contributed by atoms with Crippen LogP contribution >= 0.6 is 0 Å². The Balaban J connectivity index is 1.38. The molecule has 2 aromatic heterocycles. The fraction of sp³-hybridized carbons (Fsp3) is 0.333. The number of benzene rings is 2. The van der Waals surface area contributed by atoms with E-state index in [9.17, 15) is 15.0 Å². The van der Waals surface area contributed by atoms with E-state index in [0.29, 0.717) is 17.9 Å². The number of rotatable bonds is 8. The number of para-hydroxylation sites is 2. The molecule has 35 heavy (non-hydrogen) atoms. The van der Waals surface area contributed by atoms with Gasteiger partial charge in [-0.2, -0.15) is 4.68 Å². The fourth-order valence-electron chi connectivity index (χ4n) is 4.77. The standard InChI is InChI=1S/C24H28N8O3/c1-3-10-17-18(23(35)32(30(17)2)16-13-8-5-9-14-16)19-21(33)20(22(19)34)25-26-24-27-28-29-31(24)15-11-6-4-7-12-15/h4-9,11-14,19-22,25,33-34H,3,10H2,1-2H3,(H,26,27,29). The lowest BCUT2D eigenvalue weighted by Gasteiger charge is -2.46. The summed E-state index contributed by atoms with van der Waals surface area (Å²) in [5.74, 6) is -0.415. The first-order valence-corrected chi connectivity index (χ1v) is 11.6. The zero-order valence-electron chi connectivity index (χ0n) is 19.5. The summed E-state index contributed by atoms with van der Waals surface area (Å²) in [7, 11) is 1.83. The molecule has 11 heteroatoms. The second-order valence-corrected chi connectivity index (χ2v) is 8.64. The third-order valence-corrected chi connectivity index (χ3v) is 6.54. The van der Waals surface area contributed by atoms with Crippen molar-refractivity contribution in [3.8, 4) is 11.4 Å². The van der Waals surface area contributed by atoms with Crippen LogP contribution in [-0.2, 0) is 13.5 Å². The smallest absolute Gasteiger partial charge is 0.275 e. The molecule has 0 spiro atoms. The largest absolute Gasteiger partial charge is 0.391 e. The molecule has 0 saturated heterocycles. The molecule has 1 fully saturated rings. The molecule has 0 radical (unpaired) electrons. The van der Waals surface area contributed by atoms with Crippen molar-refractivity contribution in [2.45, 2.75) is 43.9 Å². The van der Waals surface area contributed by atoms with Crippen LogP contribution in [0.2, 0.25) is 0 Å². The van der Waals surface area contributed by atoms with E-state index in [1.807, 2.05) is 79.3 Å². The van der Waals surface area contributed by atoms with Gasteiger partial charge in [0.15, 0.2) is 0 Å². The summed E-state index contributed by atoms with van der Waals surface area (Å²) >= 11 is 0. The Hall–Kier alpha value is -3.80. The minimum absolute atomic E-state index is 0.232. The highest BCUT2D eigenvalue weighted by Crippen LogP contribution is 2.38. The van der Waals surface area contributed by atoms with Crippen molar-refractivity contribution in [3.63, 3.8) is 0 Å². The molecule has 5 rings (SSSR count). The molecule has 4 N–H and O–H groups in total. The molecule has 0 amide bonds. The van der Waals surface area contributed by atoms with E-state index in [2.05, 4.69) is 26.4 Å². The molecule has 2 atom stereocenters. The van der Waals surface area contributed by atoms with Crippen LogP contribution in [0.4, 0.5) is 5.95 Å². The van der Waals surface area contributed by atoms with E-state index in [-0.39, 0.29) is 5.56 Å². The second-order valence-electron chi connectivity index (χ2n) is 8.64. The number of aromatic nitrogens is 6. The molecule has 1 aliphatic carbocycles. The molecular weight excluding hydrogens is 448 g/mol. The zero-order chi connectivity index (χ0) is 24.5. The lowest BCUT2D eigenvalue weighted by atomic mass is 9.70. The van der Waals surface area contributed by atoms with Crippen LogP contribution in [-0.4, -0.2) is 58.0 Å². The van der Waals surface area contributed by atoms with Crippen LogP contribution in [0.1, 0.15) is 30.5 Å². The zero-order valence-corrected chi connectivity index (χ0v) is 19.5. The van der Waals surface area contributed by atoms with Crippen LogP contribution in [0.25, 0.3) is 11.4 Å². The van der Waals surface area contributed by atoms with Crippen LogP contribution in [0, 0.1) is 0 Å². The van der Waals surface area contributed by atoms with Crippen LogP contribution < -0.4 is 16.4 Å². The average Bonchev–Trinajstić information content (AvgIpc) is 3.44. The molecule has 1 aliphatic rings. The summed E-state index contributed by atoms with van der Waals surface area (Å²) in [6, 6.07) is 18.0. The number of nitrogens with one attached hydrogen (secondary N) is 2. The summed E-state index contributed by atoms with van der Waals surface area (Å²) in [4.78, 5) is 13.5. The topological polar surface area (TPSA) is 135 Å². The second kappa shape index (κ2) is 9.45. The normalized spacial score (nSPS) is 21.6.